The SMILES string of the molecule is CS(=O)(=O)c1ccc(Cl)c(C2CCCCN2)c1. The van der Waals surface area contributed by atoms with Gasteiger partial charge in [-0.3, -0.25) is 0 Å². The topological polar surface area (TPSA) is 46.2 Å². The van der Waals surface area contributed by atoms with Crippen LogP contribution in [0.15, 0.2) is 23.1 Å². The molecule has 1 atom stereocenters. The first-order valence-corrected chi connectivity index (χ1v) is 7.98. The number of hydrogen-bond acceptors (Lipinski definition) is 3. The minimum Gasteiger partial charge on any atom is -0.310 e. The molecule has 3 nitrogen and oxygen atoms in total. The summed E-state index contributed by atoms with van der Waals surface area (Å²) < 4.78 is 23.0. The summed E-state index contributed by atoms with van der Waals surface area (Å²) in [5.41, 5.74) is 0.897. The zero-order valence-electron chi connectivity index (χ0n) is 9.74. The van der Waals surface area contributed by atoms with Crippen molar-refractivity contribution in [3.05, 3.63) is 28.8 Å². The normalized spacial score (nSPS) is 21.4. The first-order valence-electron chi connectivity index (χ1n) is 5.71. The molecule has 1 aromatic rings. The first kappa shape index (κ1) is 12.9. The van der Waals surface area contributed by atoms with Gasteiger partial charge in [0, 0.05) is 17.3 Å². The summed E-state index contributed by atoms with van der Waals surface area (Å²) in [7, 11) is -3.17. The van der Waals surface area contributed by atoms with Gasteiger partial charge in [-0.2, -0.15) is 0 Å². The Balaban J connectivity index is 2.38. The van der Waals surface area contributed by atoms with E-state index in [4.69, 9.17) is 11.6 Å². The Kier molecular flexibility index (Phi) is 3.76. The molecule has 1 fully saturated rings. The fraction of sp³-hybridized carbons (Fsp3) is 0.500. The van der Waals surface area contributed by atoms with Crippen LogP contribution in [0.3, 0.4) is 0 Å². The number of hydrogen-bond donors (Lipinski definition) is 1. The zero-order valence-corrected chi connectivity index (χ0v) is 11.3. The van der Waals surface area contributed by atoms with E-state index in [1.807, 2.05) is 0 Å². The Morgan fingerprint density at radius 3 is 2.71 bits per heavy atom. The van der Waals surface area contributed by atoms with Crippen LogP contribution < -0.4 is 5.32 Å². The van der Waals surface area contributed by atoms with Crippen LogP contribution in [0, 0.1) is 0 Å². The minimum absolute atomic E-state index is 0.179. The van der Waals surface area contributed by atoms with Crippen molar-refractivity contribution in [1.29, 1.82) is 0 Å². The first-order chi connectivity index (χ1) is 7.98. The van der Waals surface area contributed by atoms with E-state index in [0.29, 0.717) is 9.92 Å². The molecule has 0 radical (unpaired) electrons. The number of piperidine rings is 1. The van der Waals surface area contributed by atoms with Gasteiger partial charge in [0.25, 0.3) is 0 Å². The molecule has 0 saturated carbocycles. The molecular weight excluding hydrogens is 258 g/mol. The molecule has 1 aromatic carbocycles. The molecule has 0 aromatic heterocycles. The van der Waals surface area contributed by atoms with Crippen molar-refractivity contribution in [2.75, 3.05) is 12.8 Å². The molecule has 17 heavy (non-hydrogen) atoms. The van der Waals surface area contributed by atoms with Crippen LogP contribution in [0.25, 0.3) is 0 Å². The molecule has 1 heterocycles. The van der Waals surface area contributed by atoms with Crippen molar-refractivity contribution < 1.29 is 8.42 Å². The molecule has 1 aliphatic rings. The van der Waals surface area contributed by atoms with Crippen molar-refractivity contribution in [2.45, 2.75) is 30.2 Å². The lowest BCUT2D eigenvalue weighted by atomic mass is 9.97. The van der Waals surface area contributed by atoms with Crippen molar-refractivity contribution >= 4 is 21.4 Å². The number of rotatable bonds is 2. The van der Waals surface area contributed by atoms with Crippen LogP contribution in [0.4, 0.5) is 0 Å². The third-order valence-electron chi connectivity index (χ3n) is 3.08. The predicted molar refractivity (Wildman–Crippen MR) is 69.2 cm³/mol. The molecule has 0 spiro atoms. The van der Waals surface area contributed by atoms with Gasteiger partial charge in [0.2, 0.25) is 0 Å². The summed E-state index contributed by atoms with van der Waals surface area (Å²) in [5, 5.41) is 4.01. The number of sulfone groups is 1. The molecule has 1 N–H and O–H groups in total. The number of nitrogens with one attached hydrogen (secondary N) is 1. The Bertz CT molecular complexity index is 507. The van der Waals surface area contributed by atoms with Crippen LogP contribution in [-0.4, -0.2) is 21.2 Å². The summed E-state index contributed by atoms with van der Waals surface area (Å²) in [5.74, 6) is 0. The van der Waals surface area contributed by atoms with Gasteiger partial charge in [-0.15, -0.1) is 0 Å². The Morgan fingerprint density at radius 1 is 1.35 bits per heavy atom. The quantitative estimate of drug-likeness (QED) is 0.901. The van der Waals surface area contributed by atoms with Crippen LogP contribution in [-0.2, 0) is 9.84 Å². The van der Waals surface area contributed by atoms with E-state index in [-0.39, 0.29) is 6.04 Å². The van der Waals surface area contributed by atoms with Gasteiger partial charge in [-0.25, -0.2) is 8.42 Å². The van der Waals surface area contributed by atoms with E-state index in [2.05, 4.69) is 5.32 Å². The summed E-state index contributed by atoms with van der Waals surface area (Å²) in [4.78, 5) is 0.337. The number of benzene rings is 1. The average Bonchev–Trinajstić information content (AvgIpc) is 2.29. The highest BCUT2D eigenvalue weighted by atomic mass is 35.5. The minimum atomic E-state index is -3.17. The second-order valence-corrected chi connectivity index (χ2v) is 6.88. The third kappa shape index (κ3) is 3.00. The van der Waals surface area contributed by atoms with Crippen LogP contribution >= 0.6 is 11.6 Å². The predicted octanol–water partition coefficient (Wildman–Crippen LogP) is 2.56. The summed E-state index contributed by atoms with van der Waals surface area (Å²) in [6.45, 7) is 0.962. The second-order valence-electron chi connectivity index (χ2n) is 4.46. The van der Waals surface area contributed by atoms with Gasteiger partial charge >= 0.3 is 0 Å². The van der Waals surface area contributed by atoms with Crippen LogP contribution in [0.5, 0.6) is 0 Å². The van der Waals surface area contributed by atoms with E-state index < -0.39 is 9.84 Å². The Labute approximate surface area is 107 Å². The smallest absolute Gasteiger partial charge is 0.175 e. The lowest BCUT2D eigenvalue weighted by Gasteiger charge is -2.25. The standard InChI is InChI=1S/C12H16ClNO2S/c1-17(15,16)9-5-6-11(13)10(8-9)12-4-2-3-7-14-12/h5-6,8,12,14H,2-4,7H2,1H3. The monoisotopic (exact) mass is 273 g/mol. The van der Waals surface area contributed by atoms with Gasteiger partial charge in [-0.05, 0) is 43.1 Å². The summed E-state index contributed by atoms with van der Waals surface area (Å²) in [6, 6.07) is 5.10. The van der Waals surface area contributed by atoms with Gasteiger partial charge in [-0.1, -0.05) is 18.0 Å². The molecule has 2 rings (SSSR count). The van der Waals surface area contributed by atoms with E-state index in [1.165, 1.54) is 12.7 Å². The highest BCUT2D eigenvalue weighted by Gasteiger charge is 2.19. The van der Waals surface area contributed by atoms with Crippen LogP contribution in [0.2, 0.25) is 5.02 Å². The van der Waals surface area contributed by atoms with E-state index >= 15 is 0 Å². The van der Waals surface area contributed by atoms with E-state index in [9.17, 15) is 8.42 Å². The lowest BCUT2D eigenvalue weighted by molar-refractivity contribution is 0.412. The molecule has 0 aliphatic carbocycles. The molecule has 0 amide bonds. The molecule has 1 unspecified atom stereocenters. The molecule has 1 aliphatic heterocycles. The van der Waals surface area contributed by atoms with Gasteiger partial charge in [0.05, 0.1) is 4.90 Å². The zero-order chi connectivity index (χ0) is 12.5. The molecule has 5 heteroatoms. The van der Waals surface area contributed by atoms with Crippen LogP contribution in [0.1, 0.15) is 30.9 Å². The summed E-state index contributed by atoms with van der Waals surface area (Å²) in [6.07, 6.45) is 4.54. The van der Waals surface area contributed by atoms with E-state index in [0.717, 1.165) is 24.9 Å². The Hall–Kier alpha value is -0.580. The average molecular weight is 274 g/mol. The highest BCUT2D eigenvalue weighted by Crippen LogP contribution is 2.30. The molecule has 0 bridgehead atoms. The van der Waals surface area contributed by atoms with Crippen molar-refractivity contribution in [3.63, 3.8) is 0 Å². The maximum Gasteiger partial charge on any atom is 0.175 e. The van der Waals surface area contributed by atoms with Gasteiger partial charge < -0.3 is 5.32 Å². The largest absolute Gasteiger partial charge is 0.310 e. The Morgan fingerprint density at radius 2 is 2.12 bits per heavy atom. The van der Waals surface area contributed by atoms with Crippen molar-refractivity contribution in [2.24, 2.45) is 0 Å². The fourth-order valence-electron chi connectivity index (χ4n) is 2.14. The van der Waals surface area contributed by atoms with Crippen molar-refractivity contribution in [3.8, 4) is 0 Å². The lowest BCUT2D eigenvalue weighted by Crippen LogP contribution is -2.27. The number of halogens is 1. The maximum atomic E-state index is 11.5. The molecular formula is C12H16ClNO2S. The fourth-order valence-corrected chi connectivity index (χ4v) is 3.04. The maximum absolute atomic E-state index is 11.5. The second kappa shape index (κ2) is 4.96. The van der Waals surface area contributed by atoms with Crippen molar-refractivity contribution in [1.82, 2.24) is 5.32 Å². The highest BCUT2D eigenvalue weighted by molar-refractivity contribution is 7.90. The third-order valence-corrected chi connectivity index (χ3v) is 4.54. The van der Waals surface area contributed by atoms with E-state index in [1.54, 1.807) is 18.2 Å². The molecule has 94 valence electrons. The molecule has 1 saturated heterocycles. The summed E-state index contributed by atoms with van der Waals surface area (Å²) >= 11 is 6.14. The van der Waals surface area contributed by atoms with Gasteiger partial charge in [0.15, 0.2) is 9.84 Å². The van der Waals surface area contributed by atoms with Gasteiger partial charge in [0.1, 0.15) is 0 Å².